The highest BCUT2D eigenvalue weighted by atomic mass is 15.2. The molecule has 2 aromatic heterocycles. The molecule has 1 aromatic carbocycles. The summed E-state index contributed by atoms with van der Waals surface area (Å²) in [5.41, 5.74) is 4.79. The first-order chi connectivity index (χ1) is 12.3. The molecule has 3 aromatic rings. The minimum atomic E-state index is 0.603. The molecule has 4 heteroatoms. The van der Waals surface area contributed by atoms with Crippen molar-refractivity contribution < 1.29 is 0 Å². The van der Waals surface area contributed by atoms with Crippen LogP contribution >= 0.6 is 0 Å². The van der Waals surface area contributed by atoms with Crippen LogP contribution in [0.2, 0.25) is 0 Å². The molecule has 25 heavy (non-hydrogen) atoms. The quantitative estimate of drug-likeness (QED) is 0.727. The number of nitrogens with zero attached hydrogens (tertiary/aromatic N) is 4. The highest BCUT2D eigenvalue weighted by Crippen LogP contribution is 2.27. The first-order valence-corrected chi connectivity index (χ1v) is 9.00. The zero-order valence-electron chi connectivity index (χ0n) is 14.7. The number of pyridine rings is 1. The van der Waals surface area contributed by atoms with Gasteiger partial charge >= 0.3 is 0 Å². The molecule has 0 spiro atoms. The molecular formula is C21H24N4. The minimum Gasteiger partial charge on any atom is -0.297 e. The Balaban J connectivity index is 1.34. The monoisotopic (exact) mass is 332 g/mol. The SMILES string of the molecule is Cn1ccc(C2CCN(Cc3ccc(-c4ccccc4)cn3)CC2)n1. The van der Waals surface area contributed by atoms with Gasteiger partial charge in [-0.05, 0) is 43.6 Å². The fraction of sp³-hybridized carbons (Fsp3) is 0.333. The second-order valence-corrected chi connectivity index (χ2v) is 6.87. The fourth-order valence-corrected chi connectivity index (χ4v) is 3.59. The lowest BCUT2D eigenvalue weighted by Crippen LogP contribution is -2.32. The van der Waals surface area contributed by atoms with Gasteiger partial charge in [0.1, 0.15) is 0 Å². The number of aryl methyl sites for hydroxylation is 1. The van der Waals surface area contributed by atoms with Crippen LogP contribution in [0.1, 0.15) is 30.1 Å². The van der Waals surface area contributed by atoms with Crippen LogP contribution in [0.15, 0.2) is 60.9 Å². The van der Waals surface area contributed by atoms with Gasteiger partial charge in [-0.1, -0.05) is 36.4 Å². The predicted molar refractivity (Wildman–Crippen MR) is 100 cm³/mol. The zero-order chi connectivity index (χ0) is 17.1. The smallest absolute Gasteiger partial charge is 0.0656 e. The molecule has 0 saturated carbocycles. The summed E-state index contributed by atoms with van der Waals surface area (Å²) < 4.78 is 1.90. The Labute approximate surface area is 149 Å². The van der Waals surface area contributed by atoms with E-state index in [1.165, 1.54) is 29.7 Å². The average molecular weight is 332 g/mol. The van der Waals surface area contributed by atoms with Crippen molar-refractivity contribution in [3.63, 3.8) is 0 Å². The number of benzene rings is 1. The van der Waals surface area contributed by atoms with E-state index in [0.717, 1.165) is 25.3 Å². The van der Waals surface area contributed by atoms with E-state index >= 15 is 0 Å². The highest BCUT2D eigenvalue weighted by molar-refractivity contribution is 5.62. The van der Waals surface area contributed by atoms with Crippen LogP contribution < -0.4 is 0 Å². The molecule has 3 heterocycles. The molecule has 1 fully saturated rings. The molecule has 0 amide bonds. The fourth-order valence-electron chi connectivity index (χ4n) is 3.59. The summed E-state index contributed by atoms with van der Waals surface area (Å²) >= 11 is 0. The maximum absolute atomic E-state index is 4.67. The first kappa shape index (κ1) is 16.0. The molecule has 1 aliphatic heterocycles. The summed E-state index contributed by atoms with van der Waals surface area (Å²) in [7, 11) is 1.99. The lowest BCUT2D eigenvalue weighted by atomic mass is 9.93. The molecule has 1 aliphatic rings. The van der Waals surface area contributed by atoms with E-state index in [4.69, 9.17) is 0 Å². The molecule has 4 nitrogen and oxygen atoms in total. The van der Waals surface area contributed by atoms with Crippen LogP contribution in [0.5, 0.6) is 0 Å². The Morgan fingerprint density at radius 2 is 1.76 bits per heavy atom. The van der Waals surface area contributed by atoms with E-state index < -0.39 is 0 Å². The second kappa shape index (κ2) is 7.19. The van der Waals surface area contributed by atoms with Crippen molar-refractivity contribution in [2.45, 2.75) is 25.3 Å². The lowest BCUT2D eigenvalue weighted by Gasteiger charge is -2.30. The van der Waals surface area contributed by atoms with Crippen molar-refractivity contribution in [3.8, 4) is 11.1 Å². The van der Waals surface area contributed by atoms with Gasteiger partial charge in [-0.3, -0.25) is 14.6 Å². The third-order valence-electron chi connectivity index (χ3n) is 5.06. The number of likely N-dealkylation sites (tertiary alicyclic amines) is 1. The number of hydrogen-bond acceptors (Lipinski definition) is 3. The average Bonchev–Trinajstić information content (AvgIpc) is 3.10. The topological polar surface area (TPSA) is 34.0 Å². The minimum absolute atomic E-state index is 0.603. The maximum atomic E-state index is 4.67. The molecule has 0 bridgehead atoms. The summed E-state index contributed by atoms with van der Waals surface area (Å²) in [5, 5.41) is 4.57. The number of aromatic nitrogens is 3. The largest absolute Gasteiger partial charge is 0.297 e. The van der Waals surface area contributed by atoms with Crippen LogP contribution in [0.3, 0.4) is 0 Å². The third kappa shape index (κ3) is 3.80. The van der Waals surface area contributed by atoms with Gasteiger partial charge in [-0.15, -0.1) is 0 Å². The van der Waals surface area contributed by atoms with Gasteiger partial charge in [0.2, 0.25) is 0 Å². The highest BCUT2D eigenvalue weighted by Gasteiger charge is 2.22. The standard InChI is InChI=1S/C21H24N4/c1-24-12-11-21(23-24)18-9-13-25(14-10-18)16-20-8-7-19(15-22-20)17-5-3-2-4-6-17/h2-8,11-12,15,18H,9-10,13-14,16H2,1H3. The molecule has 128 valence electrons. The van der Waals surface area contributed by atoms with Gasteiger partial charge in [0.25, 0.3) is 0 Å². The normalized spacial score (nSPS) is 16.2. The van der Waals surface area contributed by atoms with Crippen LogP contribution in [0.25, 0.3) is 11.1 Å². The van der Waals surface area contributed by atoms with E-state index in [2.05, 4.69) is 57.4 Å². The van der Waals surface area contributed by atoms with Crippen molar-refractivity contribution in [2.24, 2.45) is 7.05 Å². The summed E-state index contributed by atoms with van der Waals surface area (Å²) in [6.45, 7) is 3.16. The van der Waals surface area contributed by atoms with Gasteiger partial charge in [-0.25, -0.2) is 0 Å². The van der Waals surface area contributed by atoms with Crippen molar-refractivity contribution >= 4 is 0 Å². The van der Waals surface area contributed by atoms with E-state index in [1.54, 1.807) is 0 Å². The second-order valence-electron chi connectivity index (χ2n) is 6.87. The van der Waals surface area contributed by atoms with E-state index in [0.29, 0.717) is 5.92 Å². The molecular weight excluding hydrogens is 308 g/mol. The molecule has 0 atom stereocenters. The van der Waals surface area contributed by atoms with E-state index in [9.17, 15) is 0 Å². The zero-order valence-corrected chi connectivity index (χ0v) is 14.7. The lowest BCUT2D eigenvalue weighted by molar-refractivity contribution is 0.201. The van der Waals surface area contributed by atoms with Crippen LogP contribution in [-0.4, -0.2) is 32.8 Å². The summed E-state index contributed by atoms with van der Waals surface area (Å²) in [4.78, 5) is 7.18. The summed E-state index contributed by atoms with van der Waals surface area (Å²) in [6.07, 6.45) is 6.39. The Kier molecular flexibility index (Phi) is 4.61. The molecule has 0 aliphatic carbocycles. The first-order valence-electron chi connectivity index (χ1n) is 9.00. The van der Waals surface area contributed by atoms with Gasteiger partial charge < -0.3 is 0 Å². The molecule has 0 radical (unpaired) electrons. The van der Waals surface area contributed by atoms with Gasteiger partial charge in [0.15, 0.2) is 0 Å². The van der Waals surface area contributed by atoms with Crippen LogP contribution in [0.4, 0.5) is 0 Å². The van der Waals surface area contributed by atoms with Gasteiger partial charge in [0.05, 0.1) is 11.4 Å². The van der Waals surface area contributed by atoms with Crippen LogP contribution in [0, 0.1) is 0 Å². The van der Waals surface area contributed by atoms with Gasteiger partial charge in [-0.2, -0.15) is 5.10 Å². The van der Waals surface area contributed by atoms with Crippen molar-refractivity contribution in [1.82, 2.24) is 19.7 Å². The molecule has 0 N–H and O–H groups in total. The number of rotatable bonds is 4. The molecule has 1 saturated heterocycles. The Morgan fingerprint density at radius 3 is 2.40 bits per heavy atom. The number of piperidine rings is 1. The van der Waals surface area contributed by atoms with Crippen molar-refractivity contribution in [1.29, 1.82) is 0 Å². The van der Waals surface area contributed by atoms with Crippen molar-refractivity contribution in [2.75, 3.05) is 13.1 Å². The molecule has 0 unspecified atom stereocenters. The Morgan fingerprint density at radius 1 is 0.960 bits per heavy atom. The third-order valence-corrected chi connectivity index (χ3v) is 5.06. The maximum Gasteiger partial charge on any atom is 0.0656 e. The molecule has 4 rings (SSSR count). The number of hydrogen-bond donors (Lipinski definition) is 0. The van der Waals surface area contributed by atoms with Crippen molar-refractivity contribution in [3.05, 3.63) is 72.3 Å². The summed E-state index contributed by atoms with van der Waals surface area (Å²) in [5.74, 6) is 0.603. The van der Waals surface area contributed by atoms with E-state index in [-0.39, 0.29) is 0 Å². The van der Waals surface area contributed by atoms with E-state index in [1.807, 2.05) is 30.2 Å². The van der Waals surface area contributed by atoms with Gasteiger partial charge in [0, 0.05) is 37.5 Å². The predicted octanol–water partition coefficient (Wildman–Crippen LogP) is 3.86. The Hall–Kier alpha value is -2.46. The summed E-state index contributed by atoms with van der Waals surface area (Å²) in [6, 6.07) is 16.9. The van der Waals surface area contributed by atoms with Crippen LogP contribution in [-0.2, 0) is 13.6 Å². The Bertz CT molecular complexity index is 799.